The number of nitrogens with two attached hydrogens (primary N) is 1. The van der Waals surface area contributed by atoms with E-state index in [-0.39, 0.29) is 23.5 Å². The molecule has 2 aromatic heterocycles. The third-order valence-corrected chi connectivity index (χ3v) is 9.57. The minimum Gasteiger partial charge on any atom is -0.477 e. The van der Waals surface area contributed by atoms with Gasteiger partial charge < -0.3 is 16.2 Å². The minimum atomic E-state index is -1.21. The van der Waals surface area contributed by atoms with Crippen molar-refractivity contribution in [2.24, 2.45) is 0 Å². The number of carboxylic acid groups (broad SMARTS) is 1. The van der Waals surface area contributed by atoms with Gasteiger partial charge in [0.25, 0.3) is 5.91 Å². The highest BCUT2D eigenvalue weighted by Gasteiger charge is 2.53. The summed E-state index contributed by atoms with van der Waals surface area (Å²) in [6, 6.07) is 8.12. The van der Waals surface area contributed by atoms with Crippen LogP contribution in [0.2, 0.25) is 0 Å². The number of aromatic nitrogens is 1. The van der Waals surface area contributed by atoms with Crippen LogP contribution in [-0.2, 0) is 20.8 Å². The van der Waals surface area contributed by atoms with Crippen molar-refractivity contribution in [1.29, 1.82) is 0 Å². The van der Waals surface area contributed by atoms with E-state index in [0.717, 1.165) is 8.91 Å². The Kier molecular flexibility index (Phi) is 6.88. The van der Waals surface area contributed by atoms with E-state index in [1.807, 2.05) is 18.2 Å². The van der Waals surface area contributed by atoms with E-state index in [1.54, 1.807) is 29.0 Å². The first-order valence-electron chi connectivity index (χ1n) is 10.6. The van der Waals surface area contributed by atoms with Crippen LogP contribution in [0.5, 0.6) is 0 Å². The zero-order chi connectivity index (χ0) is 25.4. The largest absolute Gasteiger partial charge is 0.477 e. The minimum absolute atomic E-state index is 0.0114. The van der Waals surface area contributed by atoms with Crippen LogP contribution < -0.4 is 16.5 Å². The number of allylic oxidation sites excluding steroid dienone is 1. The number of amides is 2. The molecule has 2 aliphatic rings. The highest BCUT2D eigenvalue weighted by molar-refractivity contribution is 8.04. The summed E-state index contributed by atoms with van der Waals surface area (Å²) >= 11 is 5.40. The number of fused-ring (bicyclic) bond motifs is 2. The summed E-state index contributed by atoms with van der Waals surface area (Å²) in [5.41, 5.74) is 6.43. The molecule has 9 nitrogen and oxygen atoms in total. The van der Waals surface area contributed by atoms with Gasteiger partial charge in [-0.05, 0) is 29.2 Å². The Morgan fingerprint density at radius 2 is 2.11 bits per heavy atom. The molecule has 1 fully saturated rings. The van der Waals surface area contributed by atoms with Crippen molar-refractivity contribution in [1.82, 2.24) is 15.2 Å². The molecular weight excluding hydrogens is 541 g/mol. The fourth-order valence-electron chi connectivity index (χ4n) is 3.89. The van der Waals surface area contributed by atoms with Gasteiger partial charge in [-0.15, -0.1) is 34.4 Å². The smallest absolute Gasteiger partial charge is 0.352 e. The molecule has 2 atom stereocenters. The summed E-state index contributed by atoms with van der Waals surface area (Å²) in [4.78, 5) is 54.8. The van der Waals surface area contributed by atoms with E-state index in [0.29, 0.717) is 27.5 Å². The number of anilines is 1. The molecule has 0 aliphatic carbocycles. The van der Waals surface area contributed by atoms with Crippen molar-refractivity contribution >= 4 is 79.2 Å². The van der Waals surface area contributed by atoms with Crippen molar-refractivity contribution in [3.8, 4) is 0 Å². The lowest BCUT2D eigenvalue weighted by molar-refractivity contribution is -0.150. The van der Waals surface area contributed by atoms with Crippen LogP contribution in [0.1, 0.15) is 5.69 Å². The van der Waals surface area contributed by atoms with Crippen molar-refractivity contribution in [3.63, 3.8) is 0 Å². The molecule has 3 aromatic rings. The summed E-state index contributed by atoms with van der Waals surface area (Å²) in [6.07, 6.45) is 1.65. The van der Waals surface area contributed by atoms with Crippen LogP contribution in [0.25, 0.3) is 10.1 Å². The monoisotopic (exact) mass is 558 g/mol. The van der Waals surface area contributed by atoms with Crippen molar-refractivity contribution in [3.05, 3.63) is 74.4 Å². The zero-order valence-corrected chi connectivity index (χ0v) is 21.6. The molecule has 0 radical (unpaired) electrons. The Morgan fingerprint density at radius 1 is 1.31 bits per heavy atom. The summed E-state index contributed by atoms with van der Waals surface area (Å²) in [6.45, 7) is 0. The molecule has 5 rings (SSSR count). The van der Waals surface area contributed by atoms with Gasteiger partial charge in [0.15, 0.2) is 10.6 Å². The number of β-lactam (4-membered cyclic amide) rings is 1. The maximum absolute atomic E-state index is 12.8. The van der Waals surface area contributed by atoms with E-state index in [9.17, 15) is 24.3 Å². The van der Waals surface area contributed by atoms with Gasteiger partial charge in [-0.25, -0.2) is 9.78 Å². The van der Waals surface area contributed by atoms with Crippen LogP contribution in [0.4, 0.5) is 5.13 Å². The summed E-state index contributed by atoms with van der Waals surface area (Å²) < 4.78 is 1.65. The van der Waals surface area contributed by atoms with E-state index in [2.05, 4.69) is 10.3 Å². The lowest BCUT2D eigenvalue weighted by Gasteiger charge is -2.49. The molecule has 2 aliphatic heterocycles. The van der Waals surface area contributed by atoms with Gasteiger partial charge >= 0.3 is 5.97 Å². The number of hydrogen-bond donors (Lipinski definition) is 3. The van der Waals surface area contributed by atoms with Gasteiger partial charge in [-0.1, -0.05) is 23.9 Å². The topological polar surface area (TPSA) is 143 Å². The summed E-state index contributed by atoms with van der Waals surface area (Å²) in [7, 11) is 0. The number of nitrogens with one attached hydrogen (secondary N) is 1. The van der Waals surface area contributed by atoms with Crippen LogP contribution in [0, 0.1) is 0 Å². The maximum atomic E-state index is 12.8. The molecular formula is C23H18N4O5S4. The van der Waals surface area contributed by atoms with Gasteiger partial charge in [0.05, 0.1) is 16.3 Å². The number of carbonyl (C=O) groups excluding carboxylic acids is 2. The van der Waals surface area contributed by atoms with Crippen molar-refractivity contribution in [2.75, 3.05) is 11.5 Å². The second-order valence-corrected chi connectivity index (χ2v) is 12.1. The molecule has 2 amide bonds. The molecule has 36 heavy (non-hydrogen) atoms. The lowest BCUT2D eigenvalue weighted by atomic mass is 10.0. The van der Waals surface area contributed by atoms with Crippen LogP contribution in [-0.4, -0.2) is 49.9 Å². The number of aliphatic carboxylic acids is 1. The van der Waals surface area contributed by atoms with Crippen LogP contribution in [0.3, 0.4) is 0 Å². The first kappa shape index (κ1) is 24.6. The van der Waals surface area contributed by atoms with E-state index < -0.39 is 23.3 Å². The number of nitrogen functional groups attached to an aromatic ring is 1. The molecule has 184 valence electrons. The second-order valence-electron chi connectivity index (χ2n) is 7.83. The predicted molar refractivity (Wildman–Crippen MR) is 143 cm³/mol. The van der Waals surface area contributed by atoms with Gasteiger partial charge in [0, 0.05) is 27.3 Å². The standard InChI is InChI=1S/C23H18N4O5S4/c24-23-25-12(10-35-23)7-16(29)26-18-20(30)27-19(22(31)32)11(9-34-21(18)27)5-6-33-17-8-14(28)13-3-1-2-4-15(13)36-17/h1-6,8,10,18,21H,7,9H2,(H2,24,25)(H,26,29)(H,31,32)/t18?,21-/m0/s1. The molecule has 1 aromatic carbocycles. The number of rotatable bonds is 7. The van der Waals surface area contributed by atoms with Gasteiger partial charge in [-0.2, -0.15) is 0 Å². The van der Waals surface area contributed by atoms with Crippen LogP contribution >= 0.6 is 46.2 Å². The average Bonchev–Trinajstić information content (AvgIpc) is 3.26. The zero-order valence-electron chi connectivity index (χ0n) is 18.4. The molecule has 4 heterocycles. The fourth-order valence-corrected chi connectivity index (χ4v) is 7.75. The third-order valence-electron chi connectivity index (χ3n) is 5.49. The first-order valence-corrected chi connectivity index (χ1v) is 14.2. The lowest BCUT2D eigenvalue weighted by Crippen LogP contribution is -2.70. The van der Waals surface area contributed by atoms with E-state index in [4.69, 9.17) is 5.73 Å². The number of benzene rings is 1. The number of nitrogens with zero attached hydrogens (tertiary/aromatic N) is 2. The molecule has 1 saturated heterocycles. The Balaban J connectivity index is 1.29. The molecule has 0 bridgehead atoms. The van der Waals surface area contributed by atoms with Crippen molar-refractivity contribution < 1.29 is 19.5 Å². The van der Waals surface area contributed by atoms with Gasteiger partial charge in [0.1, 0.15) is 17.1 Å². The number of carbonyl (C=O) groups is 3. The third kappa shape index (κ3) is 4.78. The summed E-state index contributed by atoms with van der Waals surface area (Å²) in [5, 5.41) is 16.5. The number of thiazole rings is 1. The number of thioether (sulfide) groups is 2. The van der Waals surface area contributed by atoms with Gasteiger partial charge in [0.2, 0.25) is 5.91 Å². The Morgan fingerprint density at radius 3 is 2.86 bits per heavy atom. The predicted octanol–water partition coefficient (Wildman–Crippen LogP) is 2.89. The Hall–Kier alpha value is -3.13. The molecule has 0 spiro atoms. The highest BCUT2D eigenvalue weighted by Crippen LogP contribution is 2.41. The number of hydrogen-bond acceptors (Lipinski definition) is 10. The quantitative estimate of drug-likeness (QED) is 0.295. The van der Waals surface area contributed by atoms with Crippen LogP contribution in [0.15, 0.2) is 67.5 Å². The fraction of sp³-hybridized carbons (Fsp3) is 0.174. The van der Waals surface area contributed by atoms with Gasteiger partial charge in [-0.3, -0.25) is 19.3 Å². The Labute approximate surface area is 221 Å². The van der Waals surface area contributed by atoms with E-state index in [1.165, 1.54) is 51.1 Å². The van der Waals surface area contributed by atoms with E-state index >= 15 is 0 Å². The second kappa shape index (κ2) is 10.1. The first-order chi connectivity index (χ1) is 17.3. The summed E-state index contributed by atoms with van der Waals surface area (Å²) in [5.74, 6) is -1.70. The SMILES string of the molecule is Nc1nc(CC(=O)NC2C(=O)N3C(C(=O)O)=C(C=CSc4cc(=O)c5ccccc5s4)CS[C@@H]23)cs1. The molecule has 13 heteroatoms. The van der Waals surface area contributed by atoms with Crippen molar-refractivity contribution in [2.45, 2.75) is 22.0 Å². The number of carboxylic acids is 1. The molecule has 4 N–H and O–H groups in total. The average molecular weight is 559 g/mol. The normalized spacial score (nSPS) is 19.4. The maximum Gasteiger partial charge on any atom is 0.352 e. The Bertz CT molecular complexity index is 1510. The molecule has 1 unspecified atom stereocenters. The molecule has 0 saturated carbocycles. The highest BCUT2D eigenvalue weighted by atomic mass is 32.2.